The Kier molecular flexibility index (Phi) is 8.60. The highest BCUT2D eigenvalue weighted by Gasteiger charge is 1.84. The van der Waals surface area contributed by atoms with Gasteiger partial charge < -0.3 is 13.8 Å². The van der Waals surface area contributed by atoms with Gasteiger partial charge in [0.15, 0.2) is 9.03 Å². The molecule has 0 aliphatic rings. The number of hydrogen-bond donors (Lipinski definition) is 0. The Morgan fingerprint density at radius 2 is 2.00 bits per heavy atom. The number of ether oxygens (including phenoxy) is 1. The van der Waals surface area contributed by atoms with Crippen molar-refractivity contribution in [1.82, 2.24) is 0 Å². The average Bonchev–Trinajstić information content (AvgIpc) is 1.89. The van der Waals surface area contributed by atoms with E-state index in [-0.39, 0.29) is 9.03 Å². The van der Waals surface area contributed by atoms with Crippen molar-refractivity contribution >= 4 is 9.03 Å². The van der Waals surface area contributed by atoms with E-state index in [2.05, 4.69) is 0 Å². The summed E-state index contributed by atoms with van der Waals surface area (Å²) in [5.41, 5.74) is 0. The molecular weight excluding hydrogens is 139 g/mol. The molecule has 4 heteroatoms. The first-order valence-electron chi connectivity index (χ1n) is 2.89. The van der Waals surface area contributed by atoms with Gasteiger partial charge in [0.1, 0.15) is 0 Å². The molecule has 0 aliphatic carbocycles. The van der Waals surface area contributed by atoms with Gasteiger partial charge in [-0.05, 0) is 6.92 Å². The average molecular weight is 152 g/mol. The lowest BCUT2D eigenvalue weighted by atomic mass is 10.8. The summed E-state index contributed by atoms with van der Waals surface area (Å²) in [4.78, 5) is 0. The molecular formula is C5H13O3P. The summed E-state index contributed by atoms with van der Waals surface area (Å²) < 4.78 is 14.7. The van der Waals surface area contributed by atoms with Crippen LogP contribution in [-0.4, -0.2) is 26.9 Å². The topological polar surface area (TPSA) is 27.7 Å². The van der Waals surface area contributed by atoms with Crippen LogP contribution in [0.25, 0.3) is 0 Å². The Labute approximate surface area is 57.6 Å². The molecule has 0 heterocycles. The highest BCUT2D eigenvalue weighted by atomic mass is 31.1. The zero-order chi connectivity index (χ0) is 6.95. The smallest absolute Gasteiger partial charge is 0.155 e. The minimum atomic E-state index is 0.162. The molecule has 56 valence electrons. The van der Waals surface area contributed by atoms with E-state index in [1.807, 2.05) is 6.92 Å². The van der Waals surface area contributed by atoms with Crippen molar-refractivity contribution in [2.24, 2.45) is 0 Å². The van der Waals surface area contributed by atoms with E-state index in [9.17, 15) is 0 Å². The van der Waals surface area contributed by atoms with Gasteiger partial charge >= 0.3 is 0 Å². The van der Waals surface area contributed by atoms with Gasteiger partial charge in [-0.25, -0.2) is 0 Å². The molecule has 0 aromatic heterocycles. The minimum Gasteiger partial charge on any atom is -0.382 e. The molecule has 3 nitrogen and oxygen atoms in total. The Hall–Kier alpha value is 0.310. The van der Waals surface area contributed by atoms with Gasteiger partial charge in [-0.1, -0.05) is 0 Å². The first-order chi connectivity index (χ1) is 4.41. The van der Waals surface area contributed by atoms with Crippen LogP contribution in [0, 0.1) is 0 Å². The number of rotatable bonds is 6. The molecule has 0 bridgehead atoms. The maximum Gasteiger partial charge on any atom is 0.155 e. The van der Waals surface area contributed by atoms with Crippen molar-refractivity contribution in [1.29, 1.82) is 0 Å². The van der Waals surface area contributed by atoms with Gasteiger partial charge in [0.2, 0.25) is 0 Å². The summed E-state index contributed by atoms with van der Waals surface area (Å²) in [6, 6.07) is 0. The monoisotopic (exact) mass is 152 g/mol. The lowest BCUT2D eigenvalue weighted by molar-refractivity contribution is 0.146. The number of methoxy groups -OCH3 is 1. The molecule has 0 aliphatic heterocycles. The van der Waals surface area contributed by atoms with Gasteiger partial charge in [-0.2, -0.15) is 0 Å². The van der Waals surface area contributed by atoms with Crippen molar-refractivity contribution in [3.63, 3.8) is 0 Å². The first-order valence-corrected chi connectivity index (χ1v) is 3.71. The minimum absolute atomic E-state index is 0.162. The van der Waals surface area contributed by atoms with Crippen LogP contribution in [0.4, 0.5) is 0 Å². The maximum absolute atomic E-state index is 5.00. The molecule has 0 saturated carbocycles. The molecule has 0 spiro atoms. The normalized spacial score (nSPS) is 11.3. The van der Waals surface area contributed by atoms with E-state index in [1.54, 1.807) is 7.11 Å². The highest BCUT2D eigenvalue weighted by Crippen LogP contribution is 2.11. The van der Waals surface area contributed by atoms with Crippen molar-refractivity contribution in [2.75, 3.05) is 26.9 Å². The second kappa shape index (κ2) is 8.31. The van der Waals surface area contributed by atoms with Crippen LogP contribution >= 0.6 is 9.03 Å². The Morgan fingerprint density at radius 1 is 1.22 bits per heavy atom. The summed E-state index contributed by atoms with van der Waals surface area (Å²) in [6.45, 7) is 3.91. The van der Waals surface area contributed by atoms with Crippen molar-refractivity contribution in [2.45, 2.75) is 6.92 Å². The van der Waals surface area contributed by atoms with E-state index >= 15 is 0 Å². The maximum atomic E-state index is 5.00. The summed E-state index contributed by atoms with van der Waals surface area (Å²) in [7, 11) is 1.81. The van der Waals surface area contributed by atoms with E-state index in [4.69, 9.17) is 13.8 Å². The van der Waals surface area contributed by atoms with Crippen molar-refractivity contribution in [3.8, 4) is 0 Å². The summed E-state index contributed by atoms with van der Waals surface area (Å²) in [5.74, 6) is 0. The molecule has 0 N–H and O–H groups in total. The second-order valence-electron chi connectivity index (χ2n) is 1.36. The van der Waals surface area contributed by atoms with Gasteiger partial charge in [0.25, 0.3) is 0 Å². The van der Waals surface area contributed by atoms with Gasteiger partial charge in [0, 0.05) is 7.11 Å². The molecule has 1 atom stereocenters. The van der Waals surface area contributed by atoms with Crippen LogP contribution in [0.5, 0.6) is 0 Å². The molecule has 1 unspecified atom stereocenters. The lowest BCUT2D eigenvalue weighted by Crippen LogP contribution is -1.95. The van der Waals surface area contributed by atoms with E-state index < -0.39 is 0 Å². The van der Waals surface area contributed by atoms with Crippen molar-refractivity contribution < 1.29 is 13.8 Å². The van der Waals surface area contributed by atoms with Gasteiger partial charge in [-0.3, -0.25) is 0 Å². The predicted molar refractivity (Wildman–Crippen MR) is 37.8 cm³/mol. The zero-order valence-corrected chi connectivity index (χ0v) is 6.85. The first kappa shape index (κ1) is 9.31. The van der Waals surface area contributed by atoms with E-state index in [0.717, 1.165) is 0 Å². The van der Waals surface area contributed by atoms with Crippen LogP contribution in [0.1, 0.15) is 6.92 Å². The molecule has 0 radical (unpaired) electrons. The summed E-state index contributed by atoms with van der Waals surface area (Å²) >= 11 is 0. The lowest BCUT2D eigenvalue weighted by Gasteiger charge is -2.00. The summed E-state index contributed by atoms with van der Waals surface area (Å²) in [5, 5.41) is 0. The number of hydrogen-bond acceptors (Lipinski definition) is 3. The van der Waals surface area contributed by atoms with Crippen molar-refractivity contribution in [3.05, 3.63) is 0 Å². The molecule has 0 amide bonds. The van der Waals surface area contributed by atoms with Crippen LogP contribution in [-0.2, 0) is 13.8 Å². The van der Waals surface area contributed by atoms with Crippen LogP contribution in [0.3, 0.4) is 0 Å². The van der Waals surface area contributed by atoms with Crippen LogP contribution in [0.15, 0.2) is 0 Å². The van der Waals surface area contributed by atoms with Crippen LogP contribution < -0.4 is 0 Å². The molecule has 0 rings (SSSR count). The van der Waals surface area contributed by atoms with Gasteiger partial charge in [-0.15, -0.1) is 0 Å². The van der Waals surface area contributed by atoms with Gasteiger partial charge in [0.05, 0.1) is 19.8 Å². The zero-order valence-electron chi connectivity index (χ0n) is 5.85. The third-order valence-corrected chi connectivity index (χ3v) is 1.38. The van der Waals surface area contributed by atoms with E-state index in [1.165, 1.54) is 0 Å². The third-order valence-electron chi connectivity index (χ3n) is 0.652. The largest absolute Gasteiger partial charge is 0.382 e. The fourth-order valence-corrected chi connectivity index (χ4v) is 0.635. The standard InChI is InChI=1S/C5H13O3P/c1-3-7-9-8-5-4-6-2/h9H,3-5H2,1-2H3. The second-order valence-corrected chi connectivity index (χ2v) is 2.10. The fraction of sp³-hybridized carbons (Fsp3) is 1.00. The molecule has 0 saturated heterocycles. The molecule has 9 heavy (non-hydrogen) atoms. The predicted octanol–water partition coefficient (Wildman–Crippen LogP) is 1.19. The quantitative estimate of drug-likeness (QED) is 0.422. The fourth-order valence-electron chi connectivity index (χ4n) is 0.267. The molecule has 0 aromatic rings. The molecule has 0 aromatic carbocycles. The van der Waals surface area contributed by atoms with Crippen LogP contribution in [0.2, 0.25) is 0 Å². The highest BCUT2D eigenvalue weighted by molar-refractivity contribution is 7.26. The summed E-state index contributed by atoms with van der Waals surface area (Å²) in [6.07, 6.45) is 0. The molecule has 0 fully saturated rings. The van der Waals surface area contributed by atoms with E-state index in [0.29, 0.717) is 19.8 Å². The Balaban J connectivity index is 2.60. The third kappa shape index (κ3) is 8.31. The SMILES string of the molecule is CCOPOCCOC. The Bertz CT molecular complexity index is 45.5. The Morgan fingerprint density at radius 3 is 2.56 bits per heavy atom.